The van der Waals surface area contributed by atoms with Crippen LogP contribution in [0.15, 0.2) is 41.4 Å². The summed E-state index contributed by atoms with van der Waals surface area (Å²) in [5.74, 6) is -2.33. The molecule has 29 heavy (non-hydrogen) atoms. The van der Waals surface area contributed by atoms with Gasteiger partial charge in [0.1, 0.15) is 17.3 Å². The van der Waals surface area contributed by atoms with E-state index in [1.165, 1.54) is 11.6 Å². The minimum atomic E-state index is -0.834. The van der Waals surface area contributed by atoms with Crippen molar-refractivity contribution in [3.05, 3.63) is 64.4 Å². The standard InChI is InChI=1S/C20H19F2N5OS/c1-12-6-8-27(20-23-7-9-29-20)11-13(12)17-10-16(25-26(17)2)19(28)24-18-14(21)4-3-5-15(18)22/h3-5,7,9-10H,6,8,11H2,1-2H3,(H,24,28). The average Bonchev–Trinajstić information content (AvgIpc) is 3.35. The molecule has 0 bridgehead atoms. The number of nitrogens with one attached hydrogen (secondary N) is 1. The van der Waals surface area contributed by atoms with E-state index in [-0.39, 0.29) is 5.69 Å². The second-order valence-electron chi connectivity index (χ2n) is 6.83. The van der Waals surface area contributed by atoms with Crippen LogP contribution >= 0.6 is 11.3 Å². The Morgan fingerprint density at radius 3 is 2.72 bits per heavy atom. The normalized spacial score (nSPS) is 14.4. The summed E-state index contributed by atoms with van der Waals surface area (Å²) in [6.07, 6.45) is 2.65. The minimum absolute atomic E-state index is 0.0943. The summed E-state index contributed by atoms with van der Waals surface area (Å²) < 4.78 is 29.3. The molecule has 0 unspecified atom stereocenters. The fourth-order valence-electron chi connectivity index (χ4n) is 3.35. The van der Waals surface area contributed by atoms with E-state index in [4.69, 9.17) is 0 Å². The number of para-hydroxylation sites is 1. The average molecular weight is 415 g/mol. The third kappa shape index (κ3) is 3.77. The first-order valence-electron chi connectivity index (χ1n) is 9.07. The van der Waals surface area contributed by atoms with Crippen LogP contribution in [-0.4, -0.2) is 33.8 Å². The SMILES string of the molecule is CC1=C(c2cc(C(=O)Nc3c(F)cccc3F)nn2C)CN(c2nccs2)CC1. The fraction of sp³-hybridized carbons (Fsp3) is 0.250. The first kappa shape index (κ1) is 19.3. The van der Waals surface area contributed by atoms with Crippen molar-refractivity contribution in [2.45, 2.75) is 13.3 Å². The van der Waals surface area contributed by atoms with Crippen LogP contribution in [0.4, 0.5) is 19.6 Å². The Morgan fingerprint density at radius 1 is 1.28 bits per heavy atom. The van der Waals surface area contributed by atoms with Crippen LogP contribution in [-0.2, 0) is 7.05 Å². The van der Waals surface area contributed by atoms with Crippen LogP contribution in [0.1, 0.15) is 29.5 Å². The largest absolute Gasteiger partial charge is 0.343 e. The van der Waals surface area contributed by atoms with Crippen molar-refractivity contribution >= 4 is 33.6 Å². The number of thiazole rings is 1. The van der Waals surface area contributed by atoms with Crippen molar-refractivity contribution in [1.82, 2.24) is 14.8 Å². The van der Waals surface area contributed by atoms with E-state index >= 15 is 0 Å². The lowest BCUT2D eigenvalue weighted by Crippen LogP contribution is -2.31. The summed E-state index contributed by atoms with van der Waals surface area (Å²) in [7, 11) is 1.75. The number of amides is 1. The Balaban J connectivity index is 1.60. The summed E-state index contributed by atoms with van der Waals surface area (Å²) in [6.45, 7) is 3.60. The Labute approximate surface area is 170 Å². The maximum atomic E-state index is 13.8. The van der Waals surface area contributed by atoms with Crippen molar-refractivity contribution in [3.63, 3.8) is 0 Å². The number of rotatable bonds is 4. The molecular weight excluding hydrogens is 396 g/mol. The van der Waals surface area contributed by atoms with E-state index in [0.29, 0.717) is 6.54 Å². The predicted octanol–water partition coefficient (Wildman–Crippen LogP) is 4.09. The molecule has 1 aromatic carbocycles. The van der Waals surface area contributed by atoms with Crippen molar-refractivity contribution in [3.8, 4) is 0 Å². The van der Waals surface area contributed by atoms with Crippen LogP contribution in [0.2, 0.25) is 0 Å². The first-order chi connectivity index (χ1) is 13.9. The lowest BCUT2D eigenvalue weighted by atomic mass is 9.99. The number of carbonyl (C=O) groups excluding carboxylic acids is 1. The van der Waals surface area contributed by atoms with Crippen LogP contribution in [0.25, 0.3) is 5.57 Å². The van der Waals surface area contributed by atoms with Gasteiger partial charge in [-0.2, -0.15) is 5.10 Å². The van der Waals surface area contributed by atoms with Crippen LogP contribution in [0.3, 0.4) is 0 Å². The summed E-state index contributed by atoms with van der Waals surface area (Å²) in [6, 6.07) is 5.07. The summed E-state index contributed by atoms with van der Waals surface area (Å²) in [5, 5.41) is 9.43. The molecule has 0 fully saturated rings. The second-order valence-corrected chi connectivity index (χ2v) is 7.71. The van der Waals surface area contributed by atoms with Gasteiger partial charge in [-0.05, 0) is 37.1 Å². The van der Waals surface area contributed by atoms with Crippen molar-refractivity contribution < 1.29 is 13.6 Å². The molecule has 4 rings (SSSR count). The number of benzene rings is 1. The highest BCUT2D eigenvalue weighted by Gasteiger charge is 2.24. The zero-order valence-corrected chi connectivity index (χ0v) is 16.8. The third-order valence-electron chi connectivity index (χ3n) is 4.93. The molecule has 1 amide bonds. The molecule has 9 heteroatoms. The maximum Gasteiger partial charge on any atom is 0.276 e. The number of aromatic nitrogens is 3. The molecule has 3 heterocycles. The van der Waals surface area contributed by atoms with Gasteiger partial charge in [-0.1, -0.05) is 11.6 Å². The molecule has 0 saturated heterocycles. The van der Waals surface area contributed by atoms with E-state index in [1.54, 1.807) is 35.3 Å². The van der Waals surface area contributed by atoms with E-state index in [1.807, 2.05) is 5.38 Å². The van der Waals surface area contributed by atoms with Gasteiger partial charge in [0.05, 0.1) is 5.69 Å². The highest BCUT2D eigenvalue weighted by Crippen LogP contribution is 2.31. The van der Waals surface area contributed by atoms with Crippen molar-refractivity contribution in [2.75, 3.05) is 23.3 Å². The highest BCUT2D eigenvalue weighted by atomic mass is 32.1. The Hall–Kier alpha value is -3.07. The number of hydrogen-bond donors (Lipinski definition) is 1. The minimum Gasteiger partial charge on any atom is -0.343 e. The summed E-state index contributed by atoms with van der Waals surface area (Å²) >= 11 is 1.58. The number of carbonyl (C=O) groups is 1. The van der Waals surface area contributed by atoms with Crippen LogP contribution in [0, 0.1) is 11.6 Å². The van der Waals surface area contributed by atoms with Gasteiger partial charge in [0, 0.05) is 31.7 Å². The molecule has 1 aliphatic heterocycles. The number of hydrogen-bond acceptors (Lipinski definition) is 5. The number of halogens is 2. The quantitative estimate of drug-likeness (QED) is 0.697. The molecule has 0 saturated carbocycles. The molecule has 1 N–H and O–H groups in total. The van der Waals surface area contributed by atoms with Gasteiger partial charge >= 0.3 is 0 Å². The Kier molecular flexibility index (Phi) is 5.14. The zero-order valence-electron chi connectivity index (χ0n) is 15.9. The molecule has 3 aromatic rings. The van der Waals surface area contributed by atoms with Crippen LogP contribution in [0.5, 0.6) is 0 Å². The van der Waals surface area contributed by atoms with Crippen molar-refractivity contribution in [2.24, 2.45) is 7.05 Å². The smallest absolute Gasteiger partial charge is 0.276 e. The lowest BCUT2D eigenvalue weighted by Gasteiger charge is -2.29. The van der Waals surface area contributed by atoms with E-state index in [2.05, 4.69) is 27.2 Å². The van der Waals surface area contributed by atoms with Gasteiger partial charge in [-0.25, -0.2) is 13.8 Å². The van der Waals surface area contributed by atoms with Gasteiger partial charge in [-0.3, -0.25) is 9.48 Å². The third-order valence-corrected chi connectivity index (χ3v) is 5.77. The van der Waals surface area contributed by atoms with Gasteiger partial charge in [0.25, 0.3) is 5.91 Å². The van der Waals surface area contributed by atoms with Gasteiger partial charge in [0.2, 0.25) is 0 Å². The number of anilines is 2. The topological polar surface area (TPSA) is 63.1 Å². The number of nitrogens with zero attached hydrogens (tertiary/aromatic N) is 4. The highest BCUT2D eigenvalue weighted by molar-refractivity contribution is 7.13. The maximum absolute atomic E-state index is 13.8. The molecule has 6 nitrogen and oxygen atoms in total. The van der Waals surface area contributed by atoms with Gasteiger partial charge in [-0.15, -0.1) is 11.3 Å². The Morgan fingerprint density at radius 2 is 2.03 bits per heavy atom. The van der Waals surface area contributed by atoms with Gasteiger partial charge in [0.15, 0.2) is 10.8 Å². The molecular formula is C20H19F2N5OS. The van der Waals surface area contributed by atoms with Crippen LogP contribution < -0.4 is 10.2 Å². The first-order valence-corrected chi connectivity index (χ1v) is 9.95. The molecule has 0 aliphatic carbocycles. The van der Waals surface area contributed by atoms with E-state index in [0.717, 1.165) is 41.5 Å². The molecule has 0 atom stereocenters. The van der Waals surface area contributed by atoms with E-state index in [9.17, 15) is 13.6 Å². The molecule has 150 valence electrons. The summed E-state index contributed by atoms with van der Waals surface area (Å²) in [4.78, 5) is 19.1. The molecule has 0 radical (unpaired) electrons. The molecule has 0 spiro atoms. The Bertz CT molecular complexity index is 1070. The zero-order chi connectivity index (χ0) is 20.5. The lowest BCUT2D eigenvalue weighted by molar-refractivity contribution is 0.102. The van der Waals surface area contributed by atoms with Crippen molar-refractivity contribution in [1.29, 1.82) is 0 Å². The second kappa shape index (κ2) is 7.75. The monoisotopic (exact) mass is 415 g/mol. The summed E-state index contributed by atoms with van der Waals surface area (Å²) in [5.41, 5.74) is 2.69. The van der Waals surface area contributed by atoms with E-state index < -0.39 is 23.2 Å². The van der Waals surface area contributed by atoms with Gasteiger partial charge < -0.3 is 10.2 Å². The molecule has 1 aliphatic rings. The predicted molar refractivity (Wildman–Crippen MR) is 109 cm³/mol. The molecule has 2 aromatic heterocycles. The number of aryl methyl sites for hydroxylation is 1. The fourth-order valence-corrected chi connectivity index (χ4v) is 4.02.